The zero-order valence-electron chi connectivity index (χ0n) is 24.5. The van der Waals surface area contributed by atoms with Gasteiger partial charge in [0, 0.05) is 37.4 Å². The number of carbonyl (C=O) groups excluding carboxylic acids is 1. The Morgan fingerprint density at radius 2 is 1.70 bits per heavy atom. The molecule has 1 fully saturated rings. The van der Waals surface area contributed by atoms with Crippen molar-refractivity contribution in [2.75, 3.05) is 52.5 Å². The molecular weight excluding hydrogens is 581 g/mol. The molecule has 10 heteroatoms. The smallest absolute Gasteiger partial charge is 0.197 e. The molecule has 8 nitrogen and oxygen atoms in total. The van der Waals surface area contributed by atoms with Crippen LogP contribution < -0.4 is 19.1 Å². The van der Waals surface area contributed by atoms with Crippen LogP contribution in [0.4, 0.5) is 10.1 Å². The number of amidine groups is 1. The van der Waals surface area contributed by atoms with Crippen LogP contribution in [0.2, 0.25) is 0 Å². The average Bonchev–Trinajstić information content (AvgIpc) is 3.22. The summed E-state index contributed by atoms with van der Waals surface area (Å²) in [7, 11) is 4.47. The molecule has 0 spiro atoms. The van der Waals surface area contributed by atoms with E-state index in [0.29, 0.717) is 17.7 Å². The summed E-state index contributed by atoms with van der Waals surface area (Å²) < 4.78 is 37.4. The summed E-state index contributed by atoms with van der Waals surface area (Å²) >= 11 is 0. The molecule has 2 aliphatic rings. The molecule has 0 bridgehead atoms. The van der Waals surface area contributed by atoms with E-state index in [2.05, 4.69) is 25.7 Å². The molecule has 0 aliphatic carbocycles. The van der Waals surface area contributed by atoms with Gasteiger partial charge in [0.15, 0.2) is 23.1 Å². The second kappa shape index (κ2) is 12.8. The first-order valence-corrected chi connectivity index (χ1v) is 13.4. The van der Waals surface area contributed by atoms with Gasteiger partial charge in [-0.25, -0.2) is 4.39 Å². The number of benzene rings is 2. The molecule has 1 saturated heterocycles. The van der Waals surface area contributed by atoms with Gasteiger partial charge in [-0.2, -0.15) is 0 Å². The fourth-order valence-corrected chi connectivity index (χ4v) is 5.50. The highest BCUT2D eigenvalue weighted by molar-refractivity contribution is 8.93. The first kappa shape index (κ1) is 31.7. The van der Waals surface area contributed by atoms with Crippen molar-refractivity contribution < 1.29 is 28.1 Å². The summed E-state index contributed by atoms with van der Waals surface area (Å²) in [6, 6.07) is 5.47. The van der Waals surface area contributed by atoms with Crippen molar-refractivity contribution >= 4 is 34.3 Å². The van der Waals surface area contributed by atoms with E-state index in [4.69, 9.17) is 24.4 Å². The number of anilines is 1. The number of ketones is 1. The van der Waals surface area contributed by atoms with Crippen LogP contribution in [-0.2, 0) is 16.7 Å². The van der Waals surface area contributed by atoms with E-state index in [9.17, 15) is 4.79 Å². The molecule has 2 aromatic rings. The van der Waals surface area contributed by atoms with Gasteiger partial charge in [-0.05, 0) is 48.9 Å². The van der Waals surface area contributed by atoms with Crippen molar-refractivity contribution in [3.8, 4) is 17.2 Å². The highest BCUT2D eigenvalue weighted by atomic mass is 79.9. The summed E-state index contributed by atoms with van der Waals surface area (Å²) in [5.41, 5.74) is 2.84. The number of fused-ring (bicyclic) bond motifs is 1. The Hall–Kier alpha value is -2.85. The minimum Gasteiger partial charge on any atom is -0.494 e. The summed E-state index contributed by atoms with van der Waals surface area (Å²) in [4.78, 5) is 17.6. The van der Waals surface area contributed by atoms with E-state index < -0.39 is 5.82 Å². The quantitative estimate of drug-likeness (QED) is 0.357. The highest BCUT2D eigenvalue weighted by Crippen LogP contribution is 2.42. The number of carbonyl (C=O) groups is 1. The molecule has 2 heterocycles. The van der Waals surface area contributed by atoms with E-state index in [1.165, 1.54) is 14.2 Å². The van der Waals surface area contributed by atoms with Gasteiger partial charge in [0.25, 0.3) is 0 Å². The predicted octanol–water partition coefficient (Wildman–Crippen LogP) is 5.76. The van der Waals surface area contributed by atoms with Crippen LogP contribution in [0.25, 0.3) is 0 Å². The van der Waals surface area contributed by atoms with Crippen LogP contribution in [0.3, 0.4) is 0 Å². The molecule has 2 aliphatic heterocycles. The Balaban J connectivity index is 0.00000441. The second-order valence-electron chi connectivity index (χ2n) is 11.1. The number of methoxy groups -OCH3 is 3. The molecule has 4 rings (SSSR count). The third-order valence-electron chi connectivity index (χ3n) is 7.53. The molecular formula is C30H41BrFN3O5. The molecule has 2 aromatic carbocycles. The number of piperidine rings is 1. The number of Topliss-reactive ketones (excluding diaryl/α,β-unsaturated/α-hetero) is 1. The minimum absolute atomic E-state index is 0. The second-order valence-corrected chi connectivity index (χ2v) is 11.1. The van der Waals surface area contributed by atoms with Gasteiger partial charge in [0.05, 0.1) is 45.2 Å². The van der Waals surface area contributed by atoms with Crippen molar-refractivity contribution in [1.82, 2.24) is 4.90 Å². The minimum atomic E-state index is -0.649. The lowest BCUT2D eigenvalue weighted by molar-refractivity contribution is 0.0458. The Bertz CT molecular complexity index is 1260. The van der Waals surface area contributed by atoms with Gasteiger partial charge in [0.1, 0.15) is 11.6 Å². The number of nitrogens with one attached hydrogen (secondary N) is 1. The maximum absolute atomic E-state index is 15.2. The lowest BCUT2D eigenvalue weighted by Crippen LogP contribution is -2.37. The van der Waals surface area contributed by atoms with E-state index in [1.807, 2.05) is 19.1 Å². The van der Waals surface area contributed by atoms with Crippen LogP contribution in [-0.4, -0.2) is 70.2 Å². The maximum Gasteiger partial charge on any atom is 0.197 e. The molecule has 0 amide bonds. The largest absolute Gasteiger partial charge is 0.494 e. The topological polar surface area (TPSA) is 84.3 Å². The number of halogens is 2. The third-order valence-corrected chi connectivity index (χ3v) is 7.53. The number of nitrogens with zero attached hydrogens (tertiary/aromatic N) is 2. The summed E-state index contributed by atoms with van der Waals surface area (Å²) in [6.45, 7) is 10.8. The summed E-state index contributed by atoms with van der Waals surface area (Å²) in [5.74, 6) is 0.153. The standard InChI is InChI=1S/C30H40FN3O5.BrH/c1-8-39-20-9-11-33(12-10-20)22-14-18(13-21(27(22)37-6)30(2,3)4)23(35)17-34-16-19-15-24(36-5)28(38-7)26(31)25(19)29(34)32;/h13-15,20,32H,8-12,16-17H2,1-7H3;1H. The molecule has 0 saturated carbocycles. The maximum atomic E-state index is 15.2. The molecule has 40 heavy (non-hydrogen) atoms. The fraction of sp³-hybridized carbons (Fsp3) is 0.533. The summed E-state index contributed by atoms with van der Waals surface area (Å²) in [5, 5.41) is 8.64. The predicted molar refractivity (Wildman–Crippen MR) is 160 cm³/mol. The van der Waals surface area contributed by atoms with Gasteiger partial charge in [-0.15, -0.1) is 17.0 Å². The first-order chi connectivity index (χ1) is 18.5. The Kier molecular flexibility index (Phi) is 10.1. The van der Waals surface area contributed by atoms with Crippen LogP contribution in [0, 0.1) is 11.2 Å². The van der Waals surface area contributed by atoms with Crippen LogP contribution in [0.5, 0.6) is 17.2 Å². The Labute approximate surface area is 247 Å². The van der Waals surface area contributed by atoms with E-state index in [-0.39, 0.29) is 70.3 Å². The third kappa shape index (κ3) is 6.07. The van der Waals surface area contributed by atoms with Gasteiger partial charge >= 0.3 is 0 Å². The number of rotatable bonds is 9. The van der Waals surface area contributed by atoms with E-state index in [0.717, 1.165) is 42.9 Å². The Morgan fingerprint density at radius 3 is 2.25 bits per heavy atom. The van der Waals surface area contributed by atoms with E-state index in [1.54, 1.807) is 18.1 Å². The first-order valence-electron chi connectivity index (χ1n) is 13.4. The normalized spacial score (nSPS) is 15.6. The van der Waals surface area contributed by atoms with Crippen LogP contribution in [0.15, 0.2) is 18.2 Å². The van der Waals surface area contributed by atoms with Crippen molar-refractivity contribution in [2.24, 2.45) is 0 Å². The van der Waals surface area contributed by atoms with Crippen molar-refractivity contribution in [2.45, 2.75) is 58.6 Å². The summed E-state index contributed by atoms with van der Waals surface area (Å²) in [6.07, 6.45) is 2.05. The van der Waals surface area contributed by atoms with Gasteiger partial charge in [-0.3, -0.25) is 10.2 Å². The zero-order chi connectivity index (χ0) is 28.5. The molecule has 220 valence electrons. The van der Waals surface area contributed by atoms with Gasteiger partial charge in [-0.1, -0.05) is 20.8 Å². The average molecular weight is 623 g/mol. The molecule has 0 unspecified atom stereocenters. The molecule has 0 aromatic heterocycles. The number of hydrogen-bond acceptors (Lipinski definition) is 7. The molecule has 0 atom stereocenters. The molecule has 1 N–H and O–H groups in total. The van der Waals surface area contributed by atoms with Crippen LogP contribution >= 0.6 is 17.0 Å². The molecule has 0 radical (unpaired) electrons. The monoisotopic (exact) mass is 621 g/mol. The van der Waals surface area contributed by atoms with Gasteiger partial charge in [0.2, 0.25) is 0 Å². The highest BCUT2D eigenvalue weighted by Gasteiger charge is 2.34. The fourth-order valence-electron chi connectivity index (χ4n) is 5.50. The lowest BCUT2D eigenvalue weighted by atomic mass is 9.84. The zero-order valence-corrected chi connectivity index (χ0v) is 26.2. The van der Waals surface area contributed by atoms with Crippen molar-refractivity contribution in [1.29, 1.82) is 5.41 Å². The lowest BCUT2D eigenvalue weighted by Gasteiger charge is -2.36. The van der Waals surface area contributed by atoms with Gasteiger partial charge < -0.3 is 28.7 Å². The van der Waals surface area contributed by atoms with Crippen molar-refractivity contribution in [3.63, 3.8) is 0 Å². The van der Waals surface area contributed by atoms with E-state index >= 15 is 4.39 Å². The van der Waals surface area contributed by atoms with Crippen molar-refractivity contribution in [3.05, 3.63) is 46.3 Å². The number of ether oxygens (including phenoxy) is 4. The SMILES string of the molecule is Br.CCOC1CCN(c2cc(C(=O)CN3Cc4cc(OC)c(OC)c(F)c4C3=N)cc(C(C)(C)C)c2OC)CC1. The van der Waals surface area contributed by atoms with Crippen LogP contribution in [0.1, 0.15) is 67.6 Å². The Morgan fingerprint density at radius 1 is 1.05 bits per heavy atom. The number of hydrogen-bond donors (Lipinski definition) is 1.